The SMILES string of the molecule is CC/C=C\C/C=C\C/C=C\CCCCCC(=O)OC(CO)COP(=O)(O)OCC(COC(=O)CCCCCCCCCCC/C=C\CCCCCCCC)OC(=O)CCCCCCCCC/C=C\C/C=C\CCCCC. The number of ether oxygens (including phenoxy) is 3. The lowest BCUT2D eigenvalue weighted by Crippen LogP contribution is -2.30. The van der Waals surface area contributed by atoms with E-state index in [0.29, 0.717) is 19.3 Å². The molecule has 76 heavy (non-hydrogen) atoms. The topological polar surface area (TPSA) is 155 Å². The van der Waals surface area contributed by atoms with Crippen LogP contribution in [0.15, 0.2) is 72.9 Å². The zero-order valence-electron chi connectivity index (χ0n) is 48.7. The van der Waals surface area contributed by atoms with Gasteiger partial charge in [0.25, 0.3) is 0 Å². The third-order valence-electron chi connectivity index (χ3n) is 13.1. The first-order chi connectivity index (χ1) is 37.2. The molecule has 3 atom stereocenters. The summed E-state index contributed by atoms with van der Waals surface area (Å²) in [5.74, 6) is -1.50. The Bertz CT molecular complexity index is 1550. The number of phosphoric ester groups is 1. The molecule has 0 saturated carbocycles. The summed E-state index contributed by atoms with van der Waals surface area (Å²) in [7, 11) is -4.76. The molecule has 0 aliphatic rings. The van der Waals surface area contributed by atoms with E-state index in [9.17, 15) is 28.9 Å². The van der Waals surface area contributed by atoms with E-state index < -0.39 is 57.8 Å². The van der Waals surface area contributed by atoms with Crippen LogP contribution in [0.5, 0.6) is 0 Å². The number of allylic oxidation sites excluding steroid dienone is 12. The van der Waals surface area contributed by atoms with Crippen molar-refractivity contribution < 1.29 is 52.2 Å². The van der Waals surface area contributed by atoms with Gasteiger partial charge in [0, 0.05) is 19.3 Å². The van der Waals surface area contributed by atoms with Crippen LogP contribution in [0.1, 0.15) is 278 Å². The molecule has 0 heterocycles. The molecule has 0 fully saturated rings. The van der Waals surface area contributed by atoms with E-state index in [-0.39, 0.29) is 25.9 Å². The van der Waals surface area contributed by atoms with Gasteiger partial charge in [-0.3, -0.25) is 23.4 Å². The molecule has 0 aromatic rings. The fourth-order valence-electron chi connectivity index (χ4n) is 8.40. The zero-order valence-corrected chi connectivity index (χ0v) is 49.6. The van der Waals surface area contributed by atoms with Crippen molar-refractivity contribution in [3.05, 3.63) is 72.9 Å². The van der Waals surface area contributed by atoms with Gasteiger partial charge in [0.2, 0.25) is 0 Å². The summed E-state index contributed by atoms with van der Waals surface area (Å²) in [5, 5.41) is 9.82. The first kappa shape index (κ1) is 72.9. The maximum Gasteiger partial charge on any atom is 0.472 e. The van der Waals surface area contributed by atoms with Gasteiger partial charge in [0.15, 0.2) is 6.10 Å². The Hall–Kier alpha value is -3.08. The lowest BCUT2D eigenvalue weighted by Gasteiger charge is -2.21. The van der Waals surface area contributed by atoms with Crippen LogP contribution < -0.4 is 0 Å². The predicted molar refractivity (Wildman–Crippen MR) is 316 cm³/mol. The van der Waals surface area contributed by atoms with Crippen LogP contribution in [-0.4, -0.2) is 66.5 Å². The quantitative estimate of drug-likeness (QED) is 0.0197. The Morgan fingerprint density at radius 1 is 0.382 bits per heavy atom. The van der Waals surface area contributed by atoms with Crippen molar-refractivity contribution >= 4 is 25.7 Å². The Morgan fingerprint density at radius 2 is 0.684 bits per heavy atom. The summed E-state index contributed by atoms with van der Waals surface area (Å²) < 4.78 is 39.6. The molecule has 440 valence electrons. The average Bonchev–Trinajstić information content (AvgIpc) is 3.41. The molecule has 2 N–H and O–H groups in total. The number of aliphatic hydroxyl groups is 1. The summed E-state index contributed by atoms with van der Waals surface area (Å²) in [5.41, 5.74) is 0. The minimum absolute atomic E-state index is 0.140. The first-order valence-corrected chi connectivity index (χ1v) is 32.3. The van der Waals surface area contributed by atoms with Gasteiger partial charge < -0.3 is 24.2 Å². The van der Waals surface area contributed by atoms with E-state index in [2.05, 4.69) is 93.7 Å². The van der Waals surface area contributed by atoms with Gasteiger partial charge in [-0.15, -0.1) is 0 Å². The molecule has 0 aromatic carbocycles. The molecular formula is C64H113O11P. The van der Waals surface area contributed by atoms with Gasteiger partial charge in [0.05, 0.1) is 19.8 Å². The summed E-state index contributed by atoms with van der Waals surface area (Å²) in [6.45, 7) is 4.48. The van der Waals surface area contributed by atoms with Crippen LogP contribution in [0.2, 0.25) is 0 Å². The lowest BCUT2D eigenvalue weighted by molar-refractivity contribution is -0.161. The van der Waals surface area contributed by atoms with Crippen molar-refractivity contribution in [3.8, 4) is 0 Å². The minimum Gasteiger partial charge on any atom is -0.462 e. The van der Waals surface area contributed by atoms with Crippen molar-refractivity contribution in [2.24, 2.45) is 0 Å². The fourth-order valence-corrected chi connectivity index (χ4v) is 9.18. The number of carbonyl (C=O) groups excluding carboxylic acids is 3. The number of carbonyl (C=O) groups is 3. The van der Waals surface area contributed by atoms with Crippen LogP contribution >= 0.6 is 7.82 Å². The zero-order chi connectivity index (χ0) is 55.5. The highest BCUT2D eigenvalue weighted by atomic mass is 31.2. The minimum atomic E-state index is -4.76. The fraction of sp³-hybridized carbons (Fsp3) is 0.766. The Labute approximate surface area is 465 Å². The third-order valence-corrected chi connectivity index (χ3v) is 14.0. The number of rotatable bonds is 57. The maximum atomic E-state index is 12.9. The van der Waals surface area contributed by atoms with Gasteiger partial charge >= 0.3 is 25.7 Å². The van der Waals surface area contributed by atoms with E-state index in [4.69, 9.17) is 23.3 Å². The van der Waals surface area contributed by atoms with E-state index in [1.165, 1.54) is 122 Å². The summed E-state index contributed by atoms with van der Waals surface area (Å²) in [4.78, 5) is 48.6. The number of hydrogen-bond donors (Lipinski definition) is 2. The molecule has 0 rings (SSSR count). The smallest absolute Gasteiger partial charge is 0.462 e. The first-order valence-electron chi connectivity index (χ1n) is 30.8. The summed E-state index contributed by atoms with van der Waals surface area (Å²) in [6.07, 6.45) is 65.7. The third kappa shape index (κ3) is 55.7. The second-order valence-electron chi connectivity index (χ2n) is 20.5. The van der Waals surface area contributed by atoms with Gasteiger partial charge in [-0.1, -0.05) is 222 Å². The maximum absolute atomic E-state index is 12.9. The predicted octanol–water partition coefficient (Wildman–Crippen LogP) is 18.5. The van der Waals surface area contributed by atoms with Crippen LogP contribution in [0.3, 0.4) is 0 Å². The van der Waals surface area contributed by atoms with Crippen molar-refractivity contribution in [1.82, 2.24) is 0 Å². The van der Waals surface area contributed by atoms with Gasteiger partial charge in [-0.2, -0.15) is 0 Å². The number of phosphoric acid groups is 1. The largest absolute Gasteiger partial charge is 0.472 e. The molecule has 0 saturated heterocycles. The standard InChI is InChI=1S/C64H113O11P/c1-4-7-10-13-16-19-22-25-27-29-30-32-33-36-38-41-44-47-50-53-62(66)71-57-61(75-64(68)55-52-49-46-43-40-37-34-31-28-26-23-20-17-14-11-8-5-2)59-73-76(69,70)72-58-60(56-65)74-63(67)54-51-48-45-42-39-35-24-21-18-15-12-9-6-3/h9,12,17-18,20-21,25-28,35,39,60-61,65H,4-8,10-11,13-16,19,22-24,29-34,36-38,40-59H2,1-3H3,(H,69,70)/b12-9-,20-17-,21-18-,27-25-,28-26-,39-35-. The van der Waals surface area contributed by atoms with Gasteiger partial charge in [-0.25, -0.2) is 4.57 Å². The number of hydrogen-bond acceptors (Lipinski definition) is 10. The molecule has 0 radical (unpaired) electrons. The molecule has 11 nitrogen and oxygen atoms in total. The summed E-state index contributed by atoms with van der Waals surface area (Å²) >= 11 is 0. The molecule has 0 aliphatic carbocycles. The van der Waals surface area contributed by atoms with Crippen molar-refractivity contribution in [2.45, 2.75) is 290 Å². The van der Waals surface area contributed by atoms with E-state index in [1.807, 2.05) is 0 Å². The molecule has 0 amide bonds. The van der Waals surface area contributed by atoms with Crippen LogP contribution in [-0.2, 0) is 42.2 Å². The highest BCUT2D eigenvalue weighted by Gasteiger charge is 2.28. The van der Waals surface area contributed by atoms with Crippen molar-refractivity contribution in [1.29, 1.82) is 0 Å². The number of aliphatic hydroxyl groups excluding tert-OH is 1. The van der Waals surface area contributed by atoms with Crippen LogP contribution in [0.4, 0.5) is 0 Å². The second-order valence-corrected chi connectivity index (χ2v) is 21.9. The monoisotopic (exact) mass is 1090 g/mol. The van der Waals surface area contributed by atoms with E-state index in [0.717, 1.165) is 96.3 Å². The number of esters is 3. The average molecular weight is 1090 g/mol. The molecule has 0 bridgehead atoms. The number of unbranched alkanes of at least 4 members (excludes halogenated alkanes) is 28. The molecular weight excluding hydrogens is 976 g/mol. The molecule has 12 heteroatoms. The Kier molecular flexibility index (Phi) is 55.7. The second kappa shape index (κ2) is 58.1. The van der Waals surface area contributed by atoms with Gasteiger partial charge in [-0.05, 0) is 109 Å². The van der Waals surface area contributed by atoms with Gasteiger partial charge in [0.1, 0.15) is 12.7 Å². The summed E-state index contributed by atoms with van der Waals surface area (Å²) in [6, 6.07) is 0. The van der Waals surface area contributed by atoms with Crippen LogP contribution in [0.25, 0.3) is 0 Å². The molecule has 0 aromatic heterocycles. The molecule has 0 spiro atoms. The van der Waals surface area contributed by atoms with E-state index >= 15 is 0 Å². The lowest BCUT2D eigenvalue weighted by atomic mass is 10.1. The van der Waals surface area contributed by atoms with Crippen molar-refractivity contribution in [2.75, 3.05) is 26.4 Å². The van der Waals surface area contributed by atoms with Crippen molar-refractivity contribution in [3.63, 3.8) is 0 Å². The molecule has 0 aliphatic heterocycles. The highest BCUT2D eigenvalue weighted by Crippen LogP contribution is 2.43. The van der Waals surface area contributed by atoms with E-state index in [1.54, 1.807) is 0 Å². The van der Waals surface area contributed by atoms with Crippen LogP contribution in [0, 0.1) is 0 Å². The molecule has 3 unspecified atom stereocenters. The Morgan fingerprint density at radius 3 is 1.11 bits per heavy atom. The normalized spacial score (nSPS) is 13.8. The Balaban J connectivity index is 4.73. The highest BCUT2D eigenvalue weighted by molar-refractivity contribution is 7.47.